The molecule has 0 radical (unpaired) electrons. The third kappa shape index (κ3) is 16.1. The van der Waals surface area contributed by atoms with Crippen molar-refractivity contribution < 1.29 is 19.0 Å². The van der Waals surface area contributed by atoms with Gasteiger partial charge < -0.3 is 19.5 Å². The maximum Gasteiger partial charge on any atom is 0.289 e. The molecule has 0 rings (SSSR count). The van der Waals surface area contributed by atoms with Crippen molar-refractivity contribution >= 4 is 27.7 Å². The van der Waals surface area contributed by atoms with Crippen LogP contribution in [0.25, 0.3) is 0 Å². The minimum Gasteiger partial charge on any atom is -0.379 e. The first kappa shape index (κ1) is 20.1. The number of ether oxygens (including phenoxy) is 3. The van der Waals surface area contributed by atoms with Crippen molar-refractivity contribution in [1.82, 2.24) is 5.32 Å². The maximum atomic E-state index is 10.8. The molecule has 0 aromatic carbocycles. The fourth-order valence-corrected chi connectivity index (χ4v) is 1.75. The zero-order chi connectivity index (χ0) is 15.1. The summed E-state index contributed by atoms with van der Waals surface area (Å²) in [6.45, 7) is 8.51. The van der Waals surface area contributed by atoms with Gasteiger partial charge in [0.15, 0.2) is 0 Å². The highest BCUT2D eigenvalue weighted by molar-refractivity contribution is 8.74. The molecule has 0 bridgehead atoms. The number of nitrogens with one attached hydrogen (secondary N) is 1. The number of hydrogen-bond acceptors (Lipinski definition) is 6. The highest BCUT2D eigenvalue weighted by Gasteiger charge is 1.97. The van der Waals surface area contributed by atoms with Crippen molar-refractivity contribution in [3.8, 4) is 0 Å². The Morgan fingerprint density at radius 3 is 2.15 bits per heavy atom. The van der Waals surface area contributed by atoms with E-state index >= 15 is 0 Å². The molecule has 0 saturated heterocycles. The van der Waals surface area contributed by atoms with Crippen LogP contribution < -0.4 is 5.32 Å². The molecule has 0 heterocycles. The van der Waals surface area contributed by atoms with E-state index in [1.807, 2.05) is 0 Å². The molecule has 7 heteroatoms. The Balaban J connectivity index is 3.01. The normalized spacial score (nSPS) is 11.0. The van der Waals surface area contributed by atoms with Crippen LogP contribution in [-0.4, -0.2) is 51.4 Å². The number of carbonyl (C=O) groups is 1. The predicted octanol–water partition coefficient (Wildman–Crippen LogP) is 2.76. The van der Waals surface area contributed by atoms with E-state index < -0.39 is 0 Å². The Morgan fingerprint density at radius 2 is 1.60 bits per heavy atom. The summed E-state index contributed by atoms with van der Waals surface area (Å²) in [4.78, 5) is 10.8. The average Bonchev–Trinajstić information content (AvgIpc) is 2.43. The van der Waals surface area contributed by atoms with E-state index in [9.17, 15) is 4.79 Å². The first-order valence-electron chi connectivity index (χ1n) is 6.99. The number of thiol groups is 1. The monoisotopic (exact) mass is 325 g/mol. The molecule has 1 N–H and O–H groups in total. The molecule has 0 aliphatic rings. The largest absolute Gasteiger partial charge is 0.379 e. The van der Waals surface area contributed by atoms with Crippen molar-refractivity contribution in [2.24, 2.45) is 5.92 Å². The third-order valence-corrected chi connectivity index (χ3v) is 3.22. The van der Waals surface area contributed by atoms with Crippen LogP contribution in [0.5, 0.6) is 0 Å². The maximum absolute atomic E-state index is 10.8. The van der Waals surface area contributed by atoms with Gasteiger partial charge in [0.05, 0.1) is 33.0 Å². The lowest BCUT2D eigenvalue weighted by atomic mass is 10.1. The number of amides is 1. The van der Waals surface area contributed by atoms with E-state index in [2.05, 4.69) is 30.8 Å². The first-order chi connectivity index (χ1) is 9.66. The minimum atomic E-state index is -0.164. The Kier molecular flexibility index (Phi) is 15.5. The van der Waals surface area contributed by atoms with Gasteiger partial charge in [-0.2, -0.15) is 0 Å². The van der Waals surface area contributed by atoms with Crippen LogP contribution in [0.15, 0.2) is 0 Å². The molecule has 1 amide bonds. The average molecular weight is 325 g/mol. The minimum absolute atomic E-state index is 0.164. The van der Waals surface area contributed by atoms with E-state index in [1.165, 1.54) is 6.42 Å². The van der Waals surface area contributed by atoms with Crippen molar-refractivity contribution in [2.45, 2.75) is 26.7 Å². The standard InChI is InChI=1S/C13H27NO4S2/c1-12(2)4-3-6-16-8-10-18-11-9-17-7-5-14-13(15)20-19/h12,19H,3-11H2,1-2H3,(H,14,15). The van der Waals surface area contributed by atoms with Crippen LogP contribution in [0.1, 0.15) is 26.7 Å². The van der Waals surface area contributed by atoms with Gasteiger partial charge in [-0.25, -0.2) is 0 Å². The predicted molar refractivity (Wildman–Crippen MR) is 86.5 cm³/mol. The molecule has 0 aliphatic carbocycles. The second kappa shape index (κ2) is 15.4. The van der Waals surface area contributed by atoms with E-state index in [0.717, 1.165) is 29.7 Å². The lowest BCUT2D eigenvalue weighted by molar-refractivity contribution is 0.0145. The summed E-state index contributed by atoms with van der Waals surface area (Å²) in [5.41, 5.74) is 0. The molecule has 0 aromatic rings. The first-order valence-corrected chi connectivity index (χ1v) is 8.86. The van der Waals surface area contributed by atoms with Crippen molar-refractivity contribution in [2.75, 3.05) is 46.2 Å². The van der Waals surface area contributed by atoms with Gasteiger partial charge in [-0.05, 0) is 18.8 Å². The Hall–Kier alpha value is 0.0500. The summed E-state index contributed by atoms with van der Waals surface area (Å²) in [6.07, 6.45) is 2.31. The Bertz CT molecular complexity index is 230. The van der Waals surface area contributed by atoms with Crippen molar-refractivity contribution in [1.29, 1.82) is 0 Å². The van der Waals surface area contributed by atoms with Crippen LogP contribution in [0.4, 0.5) is 4.79 Å². The molecule has 0 atom stereocenters. The van der Waals surface area contributed by atoms with Gasteiger partial charge in [-0.3, -0.25) is 4.79 Å². The van der Waals surface area contributed by atoms with Gasteiger partial charge in [-0.15, -0.1) is 11.7 Å². The molecule has 0 aliphatic heterocycles. The van der Waals surface area contributed by atoms with Gasteiger partial charge in [0.25, 0.3) is 5.24 Å². The SMILES string of the molecule is CC(C)CCCOCCOCCOCCNC(=O)SS. The molecule has 0 saturated carbocycles. The van der Waals surface area contributed by atoms with Crippen LogP contribution in [-0.2, 0) is 14.2 Å². The summed E-state index contributed by atoms with van der Waals surface area (Å²) < 4.78 is 16.1. The zero-order valence-corrected chi connectivity index (χ0v) is 14.1. The quantitative estimate of drug-likeness (QED) is 0.310. The molecule has 20 heavy (non-hydrogen) atoms. The van der Waals surface area contributed by atoms with E-state index in [0.29, 0.717) is 39.6 Å². The Morgan fingerprint density at radius 1 is 1.05 bits per heavy atom. The van der Waals surface area contributed by atoms with Crippen LogP contribution in [0.3, 0.4) is 0 Å². The lowest BCUT2D eigenvalue weighted by Gasteiger charge is -2.08. The van der Waals surface area contributed by atoms with E-state index in [4.69, 9.17) is 14.2 Å². The molecule has 5 nitrogen and oxygen atoms in total. The van der Waals surface area contributed by atoms with E-state index in [-0.39, 0.29) is 5.24 Å². The number of hydrogen-bond donors (Lipinski definition) is 2. The number of carbonyl (C=O) groups excluding carboxylic acids is 1. The van der Waals surface area contributed by atoms with Gasteiger partial charge in [-0.1, -0.05) is 13.8 Å². The van der Waals surface area contributed by atoms with Gasteiger partial charge in [0.2, 0.25) is 0 Å². The fourth-order valence-electron chi connectivity index (χ4n) is 1.39. The molecule has 0 spiro atoms. The smallest absolute Gasteiger partial charge is 0.289 e. The lowest BCUT2D eigenvalue weighted by Crippen LogP contribution is -2.23. The number of rotatable bonds is 13. The molecule has 0 fully saturated rings. The summed E-state index contributed by atoms with van der Waals surface area (Å²) in [5.74, 6) is 0.739. The van der Waals surface area contributed by atoms with Crippen LogP contribution in [0.2, 0.25) is 0 Å². The highest BCUT2D eigenvalue weighted by Crippen LogP contribution is 2.04. The zero-order valence-electron chi connectivity index (χ0n) is 12.4. The molecule has 0 aromatic heterocycles. The van der Waals surface area contributed by atoms with Crippen molar-refractivity contribution in [3.63, 3.8) is 0 Å². The summed E-state index contributed by atoms with van der Waals surface area (Å²) >= 11 is 3.77. The molecular formula is C13H27NO4S2. The second-order valence-corrected chi connectivity index (χ2v) is 5.78. The van der Waals surface area contributed by atoms with E-state index in [1.54, 1.807) is 0 Å². The topological polar surface area (TPSA) is 56.8 Å². The second-order valence-electron chi connectivity index (χ2n) is 4.68. The fraction of sp³-hybridized carbons (Fsp3) is 0.923. The Labute approximate surface area is 131 Å². The van der Waals surface area contributed by atoms with Gasteiger partial charge in [0.1, 0.15) is 0 Å². The third-order valence-electron chi connectivity index (χ3n) is 2.41. The summed E-state index contributed by atoms with van der Waals surface area (Å²) in [7, 11) is 0.859. The molecule has 0 unspecified atom stereocenters. The van der Waals surface area contributed by atoms with Gasteiger partial charge in [0, 0.05) is 23.9 Å². The van der Waals surface area contributed by atoms with Crippen LogP contribution in [0, 0.1) is 5.92 Å². The summed E-state index contributed by atoms with van der Waals surface area (Å²) in [5, 5.41) is 2.47. The molecule has 120 valence electrons. The van der Waals surface area contributed by atoms with Gasteiger partial charge >= 0.3 is 0 Å². The highest BCUT2D eigenvalue weighted by atomic mass is 33.1. The summed E-state index contributed by atoms with van der Waals surface area (Å²) in [6, 6.07) is 0. The van der Waals surface area contributed by atoms with Crippen molar-refractivity contribution in [3.05, 3.63) is 0 Å². The molecular weight excluding hydrogens is 298 g/mol. The van der Waals surface area contributed by atoms with Crippen LogP contribution >= 0.6 is 22.5 Å².